The van der Waals surface area contributed by atoms with E-state index in [9.17, 15) is 13.6 Å². The maximum absolute atomic E-state index is 14.1. The Balaban J connectivity index is 1.69. The summed E-state index contributed by atoms with van der Waals surface area (Å²) in [5, 5.41) is 8.39. The molecule has 4 rings (SSSR count). The minimum atomic E-state index is -0.666. The molecule has 170 valence electrons. The number of allylic oxidation sites excluding steroid dienone is 2. The van der Waals surface area contributed by atoms with Crippen molar-refractivity contribution in [2.45, 2.75) is 32.8 Å². The van der Waals surface area contributed by atoms with Crippen LogP contribution in [0.15, 0.2) is 48.7 Å². The van der Waals surface area contributed by atoms with Gasteiger partial charge in [-0.2, -0.15) is 5.10 Å². The fraction of sp³-hybridized carbons (Fsp3) is 0.240. The highest BCUT2D eigenvalue weighted by molar-refractivity contribution is 6.30. The van der Waals surface area contributed by atoms with Gasteiger partial charge in [0.15, 0.2) is 5.69 Å². The molecule has 2 aromatic carbocycles. The average molecular weight is 471 g/mol. The molecule has 0 spiro atoms. The molecule has 0 N–H and O–H groups in total. The minimum Gasteiger partial charge on any atom is -0.488 e. The number of carbonyl (C=O) groups excluding carboxylic acids is 1. The van der Waals surface area contributed by atoms with E-state index in [0.29, 0.717) is 10.8 Å². The van der Waals surface area contributed by atoms with Gasteiger partial charge in [-0.05, 0) is 73.7 Å². The van der Waals surface area contributed by atoms with Crippen LogP contribution in [0.5, 0.6) is 5.75 Å². The van der Waals surface area contributed by atoms with Gasteiger partial charge in [0.25, 0.3) is 0 Å². The van der Waals surface area contributed by atoms with E-state index >= 15 is 0 Å². The van der Waals surface area contributed by atoms with Crippen LogP contribution < -0.4 is 4.74 Å². The number of hydrogen-bond acceptors (Lipinski definition) is 5. The normalized spacial score (nSPS) is 13.3. The number of benzene rings is 2. The summed E-state index contributed by atoms with van der Waals surface area (Å²) in [6.45, 7) is 1.91. The van der Waals surface area contributed by atoms with E-state index in [4.69, 9.17) is 21.1 Å². The molecular formula is C25H21ClF2N2O3. The van der Waals surface area contributed by atoms with E-state index in [1.807, 2.05) is 0 Å². The molecule has 0 fully saturated rings. The lowest BCUT2D eigenvalue weighted by atomic mass is 9.97. The number of rotatable bonds is 7. The van der Waals surface area contributed by atoms with E-state index in [0.717, 1.165) is 47.6 Å². The molecule has 0 amide bonds. The number of nitrogens with zero attached hydrogens (tertiary/aromatic N) is 2. The maximum Gasteiger partial charge on any atom is 0.358 e. The van der Waals surface area contributed by atoms with Crippen LogP contribution in [0.4, 0.5) is 8.78 Å². The smallest absolute Gasteiger partial charge is 0.358 e. The molecule has 0 bridgehead atoms. The highest BCUT2D eigenvalue weighted by atomic mass is 35.5. The molecule has 0 saturated heterocycles. The lowest BCUT2D eigenvalue weighted by molar-refractivity contribution is 0.0518. The van der Waals surface area contributed by atoms with Crippen molar-refractivity contribution in [3.05, 3.63) is 87.7 Å². The van der Waals surface area contributed by atoms with E-state index in [2.05, 4.69) is 10.2 Å². The fourth-order valence-electron chi connectivity index (χ4n) is 3.85. The first-order valence-corrected chi connectivity index (χ1v) is 10.9. The first kappa shape index (κ1) is 22.9. The number of esters is 1. The monoisotopic (exact) mass is 470 g/mol. The van der Waals surface area contributed by atoms with E-state index in [1.54, 1.807) is 37.4 Å². The molecule has 1 aliphatic carbocycles. The molecular weight excluding hydrogens is 450 g/mol. The molecule has 8 heteroatoms. The molecule has 0 unspecified atom stereocenters. The standard InChI is InChI=1S/C25H21ClF2N2O3/c1-2-32-25(31)23-10-16(13-29-30-23)19-4-3-5-20(19)21-11-17(26)7-9-24(21)33-14-15-6-8-18(27)12-22(15)28/h6-13H,2-5,14H2,1H3. The van der Waals surface area contributed by atoms with Crippen molar-refractivity contribution in [2.24, 2.45) is 0 Å². The predicted molar refractivity (Wildman–Crippen MR) is 121 cm³/mol. The minimum absolute atomic E-state index is 0.0623. The van der Waals surface area contributed by atoms with E-state index in [-0.39, 0.29) is 24.5 Å². The fourth-order valence-corrected chi connectivity index (χ4v) is 4.03. The highest BCUT2D eigenvalue weighted by Crippen LogP contribution is 2.43. The van der Waals surface area contributed by atoms with Crippen LogP contribution in [0, 0.1) is 11.6 Å². The molecule has 0 saturated carbocycles. The van der Waals surface area contributed by atoms with Gasteiger partial charge in [0.05, 0.1) is 12.8 Å². The van der Waals surface area contributed by atoms with Crippen molar-refractivity contribution in [1.82, 2.24) is 10.2 Å². The van der Waals surface area contributed by atoms with Gasteiger partial charge >= 0.3 is 5.97 Å². The van der Waals surface area contributed by atoms with Crippen LogP contribution in [0.2, 0.25) is 5.02 Å². The van der Waals surface area contributed by atoms with Crippen LogP contribution >= 0.6 is 11.6 Å². The largest absolute Gasteiger partial charge is 0.488 e. The highest BCUT2D eigenvalue weighted by Gasteiger charge is 2.23. The van der Waals surface area contributed by atoms with Gasteiger partial charge in [0, 0.05) is 27.8 Å². The Morgan fingerprint density at radius 1 is 1.09 bits per heavy atom. The van der Waals surface area contributed by atoms with Crippen molar-refractivity contribution in [3.8, 4) is 5.75 Å². The van der Waals surface area contributed by atoms with Crippen molar-refractivity contribution in [2.75, 3.05) is 6.61 Å². The van der Waals surface area contributed by atoms with Crippen LogP contribution in [-0.2, 0) is 11.3 Å². The third kappa shape index (κ3) is 5.20. The molecule has 3 aromatic rings. The Morgan fingerprint density at radius 3 is 2.70 bits per heavy atom. The third-order valence-electron chi connectivity index (χ3n) is 5.37. The second-order valence-electron chi connectivity index (χ2n) is 7.53. The second kappa shape index (κ2) is 10.1. The Bertz CT molecular complexity index is 1230. The van der Waals surface area contributed by atoms with Crippen LogP contribution in [0.1, 0.15) is 53.4 Å². The average Bonchev–Trinajstić information content (AvgIpc) is 3.29. The molecule has 0 aliphatic heterocycles. The topological polar surface area (TPSA) is 61.3 Å². The zero-order valence-corrected chi connectivity index (χ0v) is 18.7. The predicted octanol–water partition coefficient (Wildman–Crippen LogP) is 6.26. The van der Waals surface area contributed by atoms with Gasteiger partial charge in [-0.1, -0.05) is 11.6 Å². The number of halogens is 3. The molecule has 33 heavy (non-hydrogen) atoms. The van der Waals surface area contributed by atoms with Gasteiger partial charge in [-0.3, -0.25) is 0 Å². The van der Waals surface area contributed by atoms with Gasteiger partial charge in [0.2, 0.25) is 0 Å². The van der Waals surface area contributed by atoms with Crippen molar-refractivity contribution < 1.29 is 23.0 Å². The van der Waals surface area contributed by atoms with Crippen molar-refractivity contribution in [3.63, 3.8) is 0 Å². The lowest BCUT2D eigenvalue weighted by Crippen LogP contribution is -2.08. The van der Waals surface area contributed by atoms with Gasteiger partial charge in [0.1, 0.15) is 24.0 Å². The zero-order valence-electron chi connectivity index (χ0n) is 17.9. The second-order valence-corrected chi connectivity index (χ2v) is 7.96. The summed E-state index contributed by atoms with van der Waals surface area (Å²) in [7, 11) is 0. The number of hydrogen-bond donors (Lipinski definition) is 0. The summed E-state index contributed by atoms with van der Waals surface area (Å²) in [4.78, 5) is 12.1. The number of aromatic nitrogens is 2. The van der Waals surface area contributed by atoms with Gasteiger partial charge in [-0.25, -0.2) is 13.6 Å². The van der Waals surface area contributed by atoms with E-state index in [1.165, 1.54) is 12.1 Å². The Kier molecular flexibility index (Phi) is 6.99. The first-order valence-electron chi connectivity index (χ1n) is 10.5. The lowest BCUT2D eigenvalue weighted by Gasteiger charge is -2.15. The Morgan fingerprint density at radius 2 is 1.91 bits per heavy atom. The van der Waals surface area contributed by atoms with Crippen LogP contribution in [0.3, 0.4) is 0 Å². The Labute approximate surface area is 195 Å². The Hall–Kier alpha value is -3.32. The quantitative estimate of drug-likeness (QED) is 0.381. The zero-order chi connectivity index (χ0) is 23.4. The molecule has 1 aromatic heterocycles. The van der Waals surface area contributed by atoms with Crippen molar-refractivity contribution >= 4 is 28.7 Å². The SMILES string of the molecule is CCOC(=O)c1cc(C2=C(c3cc(Cl)ccc3OCc3ccc(F)cc3F)CCC2)cnn1. The van der Waals surface area contributed by atoms with Crippen LogP contribution in [0.25, 0.3) is 11.1 Å². The summed E-state index contributed by atoms with van der Waals surface area (Å²) in [5.41, 5.74) is 3.96. The summed E-state index contributed by atoms with van der Waals surface area (Å²) in [6, 6.07) is 10.3. The maximum atomic E-state index is 14.1. The molecule has 5 nitrogen and oxygen atoms in total. The number of carbonyl (C=O) groups is 1. The summed E-state index contributed by atoms with van der Waals surface area (Å²) < 4.78 is 38.2. The molecule has 0 atom stereocenters. The molecule has 1 aliphatic rings. The summed E-state index contributed by atoms with van der Waals surface area (Å²) >= 11 is 6.29. The van der Waals surface area contributed by atoms with Gasteiger partial charge in [-0.15, -0.1) is 5.10 Å². The molecule has 0 radical (unpaired) electrons. The first-order chi connectivity index (χ1) is 16.0. The van der Waals surface area contributed by atoms with Crippen molar-refractivity contribution in [1.29, 1.82) is 0 Å². The summed E-state index contributed by atoms with van der Waals surface area (Å²) in [6.07, 6.45) is 4.07. The van der Waals surface area contributed by atoms with Crippen LogP contribution in [-0.4, -0.2) is 22.8 Å². The third-order valence-corrected chi connectivity index (χ3v) is 5.61. The van der Waals surface area contributed by atoms with E-state index < -0.39 is 17.6 Å². The summed E-state index contributed by atoms with van der Waals surface area (Å²) in [5.74, 6) is -1.30. The van der Waals surface area contributed by atoms with Gasteiger partial charge < -0.3 is 9.47 Å². The number of ether oxygens (including phenoxy) is 2. The molecule has 1 heterocycles.